The van der Waals surface area contributed by atoms with Gasteiger partial charge in [-0.1, -0.05) is 24.3 Å². The minimum atomic E-state index is -0.195. The molecule has 6 nitrogen and oxygen atoms in total. The molecule has 0 bridgehead atoms. The van der Waals surface area contributed by atoms with E-state index in [4.69, 9.17) is 5.73 Å². The van der Waals surface area contributed by atoms with Crippen LogP contribution >= 0.6 is 36.6 Å². The van der Waals surface area contributed by atoms with E-state index >= 15 is 0 Å². The van der Waals surface area contributed by atoms with Crippen molar-refractivity contribution in [2.24, 2.45) is 11.7 Å². The smallest absolute Gasteiger partial charge is 0.238 e. The number of benzene rings is 1. The van der Waals surface area contributed by atoms with Crippen molar-refractivity contribution in [1.82, 2.24) is 15.5 Å². The number of thioether (sulfide) groups is 1. The molecule has 2 unspecified atom stereocenters. The highest BCUT2D eigenvalue weighted by atomic mass is 35.5. The van der Waals surface area contributed by atoms with E-state index < -0.39 is 0 Å². The van der Waals surface area contributed by atoms with E-state index in [0.717, 1.165) is 49.7 Å². The Morgan fingerprint density at radius 1 is 1.30 bits per heavy atom. The van der Waals surface area contributed by atoms with Crippen LogP contribution in [0.1, 0.15) is 24.0 Å². The molecule has 0 spiro atoms. The molecule has 2 aliphatic heterocycles. The molecule has 1 aromatic rings. The lowest BCUT2D eigenvalue weighted by Crippen LogP contribution is -2.41. The van der Waals surface area contributed by atoms with Gasteiger partial charge in [0, 0.05) is 31.3 Å². The van der Waals surface area contributed by atoms with Crippen molar-refractivity contribution in [2.45, 2.75) is 32.0 Å². The summed E-state index contributed by atoms with van der Waals surface area (Å²) in [7, 11) is 0. The van der Waals surface area contributed by atoms with Gasteiger partial charge in [-0.25, -0.2) is 0 Å². The first-order valence-corrected chi connectivity index (χ1v) is 9.95. The van der Waals surface area contributed by atoms with Crippen LogP contribution in [0, 0.1) is 5.92 Å². The van der Waals surface area contributed by atoms with Crippen molar-refractivity contribution in [3.05, 3.63) is 35.4 Å². The van der Waals surface area contributed by atoms with Gasteiger partial charge in [0.2, 0.25) is 11.8 Å². The molecule has 3 rings (SSSR count). The topological polar surface area (TPSA) is 87.5 Å². The van der Waals surface area contributed by atoms with Crippen molar-refractivity contribution in [2.75, 3.05) is 24.7 Å². The van der Waals surface area contributed by atoms with Crippen molar-refractivity contribution < 1.29 is 9.59 Å². The maximum atomic E-state index is 12.1. The summed E-state index contributed by atoms with van der Waals surface area (Å²) in [5.41, 5.74) is 7.75. The molecule has 2 saturated heterocycles. The molecule has 9 heteroatoms. The number of rotatable bonds is 6. The molecule has 0 aliphatic carbocycles. The number of hydrogen-bond acceptors (Lipinski definition) is 5. The van der Waals surface area contributed by atoms with Crippen molar-refractivity contribution in [3.63, 3.8) is 0 Å². The number of amides is 2. The summed E-state index contributed by atoms with van der Waals surface area (Å²) in [4.78, 5) is 25.8. The Labute approximate surface area is 177 Å². The van der Waals surface area contributed by atoms with Crippen LogP contribution in [-0.2, 0) is 22.7 Å². The number of piperidine rings is 1. The predicted octanol–water partition coefficient (Wildman–Crippen LogP) is 1.51. The summed E-state index contributed by atoms with van der Waals surface area (Å²) in [5.74, 6) is 1.51. The maximum Gasteiger partial charge on any atom is 0.238 e. The van der Waals surface area contributed by atoms with Gasteiger partial charge in [-0.15, -0.1) is 36.6 Å². The van der Waals surface area contributed by atoms with Crippen LogP contribution in [0.2, 0.25) is 0 Å². The van der Waals surface area contributed by atoms with Gasteiger partial charge in [-0.2, -0.15) is 0 Å². The lowest BCUT2D eigenvalue weighted by atomic mass is 9.97. The minimum Gasteiger partial charge on any atom is -0.369 e. The van der Waals surface area contributed by atoms with Crippen LogP contribution in [0.25, 0.3) is 0 Å². The average molecular weight is 435 g/mol. The molecule has 2 fully saturated rings. The van der Waals surface area contributed by atoms with Crippen LogP contribution in [0.4, 0.5) is 0 Å². The summed E-state index contributed by atoms with van der Waals surface area (Å²) in [6.07, 6.45) is 1.90. The fourth-order valence-electron chi connectivity index (χ4n) is 3.40. The van der Waals surface area contributed by atoms with Gasteiger partial charge >= 0.3 is 0 Å². The SMILES string of the molecule is Cl.Cl.NC(=O)C1CCCN(Cc2cccc(CNC(=O)C3CSCN3)c2)C1. The summed E-state index contributed by atoms with van der Waals surface area (Å²) >= 11 is 1.75. The van der Waals surface area contributed by atoms with E-state index in [-0.39, 0.29) is 48.6 Å². The molecular weight excluding hydrogens is 407 g/mol. The molecule has 152 valence electrons. The Hall–Kier alpha value is -0.990. The fourth-order valence-corrected chi connectivity index (χ4v) is 4.35. The van der Waals surface area contributed by atoms with Crippen LogP contribution in [0.3, 0.4) is 0 Å². The molecule has 0 saturated carbocycles. The highest BCUT2D eigenvalue weighted by Gasteiger charge is 2.24. The van der Waals surface area contributed by atoms with E-state index in [1.165, 1.54) is 5.56 Å². The third-order valence-corrected chi connectivity index (χ3v) is 5.74. The summed E-state index contributed by atoms with van der Waals surface area (Å²) in [6.45, 7) is 3.09. The second-order valence-corrected chi connectivity index (χ2v) is 7.82. The first kappa shape index (κ1) is 24.0. The van der Waals surface area contributed by atoms with Crippen molar-refractivity contribution >= 4 is 48.4 Å². The lowest BCUT2D eigenvalue weighted by Gasteiger charge is -2.31. The quantitative estimate of drug-likeness (QED) is 0.631. The van der Waals surface area contributed by atoms with Crippen LogP contribution in [-0.4, -0.2) is 47.5 Å². The standard InChI is InChI=1S/C18H26N4O2S.2ClH/c19-17(23)15-5-2-6-22(10-15)9-14-4-1-3-13(7-14)8-20-18(24)16-11-25-12-21-16;;/h1,3-4,7,15-16,21H,2,5-6,8-12H2,(H2,19,23)(H,20,24);2*1H. The number of carbonyl (C=O) groups is 2. The maximum absolute atomic E-state index is 12.1. The molecule has 2 heterocycles. The normalized spacial score (nSPS) is 22.4. The van der Waals surface area contributed by atoms with Gasteiger partial charge in [0.25, 0.3) is 0 Å². The fraction of sp³-hybridized carbons (Fsp3) is 0.556. The molecule has 1 aromatic carbocycles. The third kappa shape index (κ3) is 7.16. The van der Waals surface area contributed by atoms with Gasteiger partial charge in [-0.05, 0) is 30.5 Å². The van der Waals surface area contributed by atoms with Gasteiger partial charge in [-0.3, -0.25) is 19.8 Å². The summed E-state index contributed by atoms with van der Waals surface area (Å²) < 4.78 is 0. The molecule has 2 atom stereocenters. The van der Waals surface area contributed by atoms with Crippen LogP contribution in [0.5, 0.6) is 0 Å². The number of nitrogens with zero attached hydrogens (tertiary/aromatic N) is 1. The van der Waals surface area contributed by atoms with Gasteiger partial charge < -0.3 is 11.1 Å². The number of primary amides is 1. The zero-order valence-electron chi connectivity index (χ0n) is 15.2. The minimum absolute atomic E-state index is 0. The molecule has 27 heavy (non-hydrogen) atoms. The second-order valence-electron chi connectivity index (χ2n) is 6.79. The number of halogens is 2. The average Bonchev–Trinajstić information content (AvgIpc) is 3.15. The largest absolute Gasteiger partial charge is 0.369 e. The lowest BCUT2D eigenvalue weighted by molar-refractivity contribution is -0.123. The molecule has 0 radical (unpaired) electrons. The summed E-state index contributed by atoms with van der Waals surface area (Å²) in [5, 5.41) is 6.18. The van der Waals surface area contributed by atoms with Gasteiger partial charge in [0.05, 0.1) is 12.0 Å². The monoisotopic (exact) mass is 434 g/mol. The van der Waals surface area contributed by atoms with Crippen LogP contribution < -0.4 is 16.4 Å². The molecule has 2 aliphatic rings. The number of likely N-dealkylation sites (tertiary alicyclic amines) is 1. The Balaban J connectivity index is 0.00000182. The second kappa shape index (κ2) is 11.8. The van der Waals surface area contributed by atoms with Crippen molar-refractivity contribution in [3.8, 4) is 0 Å². The Morgan fingerprint density at radius 3 is 2.78 bits per heavy atom. The molecule has 2 amide bonds. The first-order chi connectivity index (χ1) is 12.1. The number of carbonyl (C=O) groups excluding carboxylic acids is 2. The number of nitrogens with two attached hydrogens (primary N) is 1. The van der Waals surface area contributed by atoms with Gasteiger partial charge in [0.1, 0.15) is 0 Å². The molecular formula is C18H28Cl2N4O2S. The van der Waals surface area contributed by atoms with E-state index in [1.807, 2.05) is 12.1 Å². The Kier molecular flexibility index (Phi) is 10.5. The van der Waals surface area contributed by atoms with E-state index in [9.17, 15) is 9.59 Å². The van der Waals surface area contributed by atoms with E-state index in [0.29, 0.717) is 6.54 Å². The molecule has 4 N–H and O–H groups in total. The van der Waals surface area contributed by atoms with Gasteiger partial charge in [0.15, 0.2) is 0 Å². The highest BCUT2D eigenvalue weighted by molar-refractivity contribution is 7.99. The van der Waals surface area contributed by atoms with Crippen LogP contribution in [0.15, 0.2) is 24.3 Å². The van der Waals surface area contributed by atoms with E-state index in [1.54, 1.807) is 11.8 Å². The Morgan fingerprint density at radius 2 is 2.07 bits per heavy atom. The van der Waals surface area contributed by atoms with Crippen molar-refractivity contribution in [1.29, 1.82) is 0 Å². The zero-order chi connectivity index (χ0) is 17.6. The summed E-state index contributed by atoms with van der Waals surface area (Å²) in [6, 6.07) is 8.20. The third-order valence-electron chi connectivity index (χ3n) is 4.81. The zero-order valence-corrected chi connectivity index (χ0v) is 17.6. The predicted molar refractivity (Wildman–Crippen MR) is 114 cm³/mol. The number of hydrogen-bond donors (Lipinski definition) is 3. The molecule has 0 aromatic heterocycles. The highest BCUT2D eigenvalue weighted by Crippen LogP contribution is 2.19. The van der Waals surface area contributed by atoms with E-state index in [2.05, 4.69) is 27.7 Å². The first-order valence-electron chi connectivity index (χ1n) is 8.80. The Bertz CT molecular complexity index is 629. The number of nitrogens with one attached hydrogen (secondary N) is 2.